The Kier molecular flexibility index (Phi) is 7.40. The van der Waals surface area contributed by atoms with E-state index >= 15 is 0 Å². The highest BCUT2D eigenvalue weighted by molar-refractivity contribution is 9.11. The van der Waals surface area contributed by atoms with Gasteiger partial charge in [-0.25, -0.2) is 9.37 Å². The van der Waals surface area contributed by atoms with E-state index in [9.17, 15) is 12.8 Å². The Labute approximate surface area is 220 Å². The summed E-state index contributed by atoms with van der Waals surface area (Å²) < 4.78 is 49.4. The van der Waals surface area contributed by atoms with Gasteiger partial charge in [0, 0.05) is 60.0 Å². The molecule has 0 spiro atoms. The lowest BCUT2D eigenvalue weighted by Crippen LogP contribution is -2.50. The Morgan fingerprint density at radius 1 is 1.31 bits per heavy atom. The van der Waals surface area contributed by atoms with Crippen LogP contribution in [0.4, 0.5) is 4.39 Å². The molecule has 0 radical (unpaired) electrons. The molecule has 2 aromatic rings. The first-order valence-electron chi connectivity index (χ1n) is 10.9. The highest BCUT2D eigenvalue weighted by Gasteiger charge is 2.41. The van der Waals surface area contributed by atoms with Crippen molar-refractivity contribution in [1.82, 2.24) is 18.9 Å². The number of fused-ring (bicyclic) bond motifs is 1. The van der Waals surface area contributed by atoms with Gasteiger partial charge >= 0.3 is 0 Å². The Hall–Kier alpha value is -1.67. The molecule has 3 aliphatic heterocycles. The van der Waals surface area contributed by atoms with Gasteiger partial charge in [-0.3, -0.25) is 4.99 Å². The molecule has 4 heterocycles. The maximum Gasteiger partial charge on any atom is 0.279 e. The number of rotatable bonds is 6. The summed E-state index contributed by atoms with van der Waals surface area (Å²) in [5.74, 6) is 0.212. The number of amidine groups is 1. The summed E-state index contributed by atoms with van der Waals surface area (Å²) in [6, 6.07) is 3.40. The summed E-state index contributed by atoms with van der Waals surface area (Å²) in [5.41, 5.74) is 2.43. The number of aromatic nitrogens is 1. The third kappa shape index (κ3) is 5.10. The van der Waals surface area contributed by atoms with Crippen LogP contribution in [0.2, 0.25) is 5.02 Å². The van der Waals surface area contributed by atoms with Crippen LogP contribution in [0, 0.1) is 5.82 Å². The van der Waals surface area contributed by atoms with Crippen LogP contribution in [0.1, 0.15) is 23.0 Å². The van der Waals surface area contributed by atoms with Gasteiger partial charge in [-0.1, -0.05) is 33.6 Å². The Balaban J connectivity index is 1.54. The molecule has 186 valence electrons. The van der Waals surface area contributed by atoms with E-state index in [1.165, 1.54) is 27.8 Å². The fourth-order valence-electron chi connectivity index (χ4n) is 4.52. The third-order valence-electron chi connectivity index (χ3n) is 6.05. The molecule has 8 nitrogen and oxygen atoms in total. The number of morpholine rings is 1. The van der Waals surface area contributed by atoms with Crippen LogP contribution in [-0.2, 0) is 14.9 Å². The lowest BCUT2D eigenvalue weighted by atomic mass is 9.94. The van der Waals surface area contributed by atoms with Crippen molar-refractivity contribution < 1.29 is 17.5 Å². The minimum Gasteiger partial charge on any atom is -0.379 e. The highest BCUT2D eigenvalue weighted by Crippen LogP contribution is 2.43. The number of aliphatic imine (C=N–C) groups is 1. The molecule has 2 fully saturated rings. The normalized spacial score (nSPS) is 23.7. The standard InChI is InChI=1S/C22H22BrClFN5O3S2/c23-4-3-17-19-12-15(28-35(31,32)29-6-8-33-9-7-29)13-30(19)21(22-26-5-10-34-22)27-20(17)16-2-1-14(25)11-18(16)24/h1-5,10-11,15,20,28H,6-9,12-13H2/b4-3+/t15-,20-/m0/s1. The molecule has 2 saturated heterocycles. The van der Waals surface area contributed by atoms with Crippen molar-refractivity contribution in [3.05, 3.63) is 73.5 Å². The summed E-state index contributed by atoms with van der Waals surface area (Å²) >= 11 is 11.3. The van der Waals surface area contributed by atoms with Crippen LogP contribution >= 0.6 is 38.9 Å². The van der Waals surface area contributed by atoms with E-state index in [4.69, 9.17) is 21.3 Å². The minimum atomic E-state index is -3.68. The fourth-order valence-corrected chi connectivity index (χ4v) is 7.07. The van der Waals surface area contributed by atoms with E-state index in [2.05, 4.69) is 25.6 Å². The van der Waals surface area contributed by atoms with Crippen molar-refractivity contribution in [1.29, 1.82) is 0 Å². The smallest absolute Gasteiger partial charge is 0.279 e. The van der Waals surface area contributed by atoms with Crippen molar-refractivity contribution in [2.45, 2.75) is 18.5 Å². The lowest BCUT2D eigenvalue weighted by Gasteiger charge is -2.31. The zero-order chi connectivity index (χ0) is 24.6. The molecule has 1 N–H and O–H groups in total. The van der Waals surface area contributed by atoms with E-state index in [1.807, 2.05) is 16.4 Å². The van der Waals surface area contributed by atoms with Gasteiger partial charge < -0.3 is 9.64 Å². The maximum atomic E-state index is 13.8. The number of benzene rings is 1. The average Bonchev–Trinajstić information content (AvgIpc) is 3.50. The van der Waals surface area contributed by atoms with Crippen LogP contribution in [0.3, 0.4) is 0 Å². The van der Waals surface area contributed by atoms with Crippen LogP contribution in [0.15, 0.2) is 57.1 Å². The molecule has 0 unspecified atom stereocenters. The molecule has 0 aliphatic carbocycles. The van der Waals surface area contributed by atoms with Gasteiger partial charge in [0.1, 0.15) is 11.9 Å². The van der Waals surface area contributed by atoms with Gasteiger partial charge in [-0.05, 0) is 28.8 Å². The second-order valence-electron chi connectivity index (χ2n) is 8.20. The summed E-state index contributed by atoms with van der Waals surface area (Å²) in [7, 11) is -3.68. The van der Waals surface area contributed by atoms with Gasteiger partial charge in [-0.2, -0.15) is 17.4 Å². The first-order chi connectivity index (χ1) is 16.9. The molecule has 1 aromatic heterocycles. The van der Waals surface area contributed by atoms with Crippen LogP contribution in [-0.4, -0.2) is 67.3 Å². The summed E-state index contributed by atoms with van der Waals surface area (Å²) in [6.07, 6.45) is 4.04. The number of hydrogen-bond acceptors (Lipinski definition) is 7. The largest absolute Gasteiger partial charge is 0.379 e. The topological polar surface area (TPSA) is 87.1 Å². The molecule has 13 heteroatoms. The van der Waals surface area contributed by atoms with Crippen molar-refractivity contribution >= 4 is 54.9 Å². The predicted octanol–water partition coefficient (Wildman–Crippen LogP) is 3.84. The second kappa shape index (κ2) is 10.4. The van der Waals surface area contributed by atoms with Crippen molar-refractivity contribution in [3.8, 4) is 0 Å². The first kappa shape index (κ1) is 25.0. The van der Waals surface area contributed by atoms with Crippen LogP contribution in [0.25, 0.3) is 0 Å². The Morgan fingerprint density at radius 3 is 2.80 bits per heavy atom. The van der Waals surface area contributed by atoms with Crippen molar-refractivity contribution in [3.63, 3.8) is 0 Å². The van der Waals surface area contributed by atoms with E-state index in [-0.39, 0.29) is 11.1 Å². The van der Waals surface area contributed by atoms with Gasteiger partial charge in [-0.15, -0.1) is 11.3 Å². The number of halogens is 3. The zero-order valence-corrected chi connectivity index (χ0v) is 22.4. The number of nitrogens with one attached hydrogen (secondary N) is 1. The molecule has 0 amide bonds. The highest BCUT2D eigenvalue weighted by atomic mass is 79.9. The molecule has 2 atom stereocenters. The fraction of sp³-hybridized carbons (Fsp3) is 0.364. The van der Waals surface area contributed by atoms with E-state index in [1.54, 1.807) is 17.2 Å². The van der Waals surface area contributed by atoms with Gasteiger partial charge in [0.05, 0.1) is 13.2 Å². The first-order valence-corrected chi connectivity index (χ1v) is 14.5. The SMILES string of the molecule is O=S(=O)(N[C@H]1CC2=C(/C=C/Br)[C@H](c3ccc(F)cc3Cl)N=C(c3nccs3)N2C1)N1CCOCC1. The molecular weight excluding hydrogens is 581 g/mol. The average molecular weight is 603 g/mol. The van der Waals surface area contributed by atoms with Crippen molar-refractivity contribution in [2.75, 3.05) is 32.8 Å². The number of hydrogen-bond donors (Lipinski definition) is 1. The van der Waals surface area contributed by atoms with E-state index in [0.717, 1.165) is 11.3 Å². The molecule has 0 bridgehead atoms. The predicted molar refractivity (Wildman–Crippen MR) is 137 cm³/mol. The molecule has 1 aromatic carbocycles. The van der Waals surface area contributed by atoms with Crippen molar-refractivity contribution in [2.24, 2.45) is 4.99 Å². The quantitative estimate of drug-likeness (QED) is 0.543. The number of thiazole rings is 1. The second-order valence-corrected chi connectivity index (χ2v) is 11.7. The molecular formula is C22H22BrClFN5O3S2. The maximum absolute atomic E-state index is 13.8. The molecule has 3 aliphatic rings. The number of nitrogens with zero attached hydrogens (tertiary/aromatic N) is 4. The summed E-state index contributed by atoms with van der Waals surface area (Å²) in [6.45, 7) is 1.81. The van der Waals surface area contributed by atoms with Crippen LogP contribution in [0.5, 0.6) is 0 Å². The molecule has 35 heavy (non-hydrogen) atoms. The van der Waals surface area contributed by atoms with Gasteiger partial charge in [0.25, 0.3) is 10.2 Å². The number of ether oxygens (including phenoxy) is 1. The van der Waals surface area contributed by atoms with E-state index < -0.39 is 22.1 Å². The minimum absolute atomic E-state index is 0.273. The third-order valence-corrected chi connectivity index (χ3v) is 9.09. The Morgan fingerprint density at radius 2 is 2.11 bits per heavy atom. The lowest BCUT2D eigenvalue weighted by molar-refractivity contribution is 0.0723. The summed E-state index contributed by atoms with van der Waals surface area (Å²) in [5, 5.41) is 2.85. The van der Waals surface area contributed by atoms with Crippen LogP contribution < -0.4 is 4.72 Å². The van der Waals surface area contributed by atoms with E-state index in [0.29, 0.717) is 55.7 Å². The summed E-state index contributed by atoms with van der Waals surface area (Å²) in [4.78, 5) is 13.2. The molecule has 5 rings (SSSR count). The monoisotopic (exact) mass is 601 g/mol. The van der Waals surface area contributed by atoms with Gasteiger partial charge in [0.2, 0.25) is 0 Å². The van der Waals surface area contributed by atoms with Gasteiger partial charge in [0.15, 0.2) is 10.8 Å². The zero-order valence-electron chi connectivity index (χ0n) is 18.4. The molecule has 0 saturated carbocycles. The Bertz CT molecular complexity index is 1300.